The Morgan fingerprint density at radius 3 is 2.93 bits per heavy atom. The fourth-order valence-electron chi connectivity index (χ4n) is 2.55. The molecule has 0 saturated carbocycles. The summed E-state index contributed by atoms with van der Waals surface area (Å²) in [7, 11) is 1.32. The van der Waals surface area contributed by atoms with Gasteiger partial charge in [0, 0.05) is 24.0 Å². The maximum atomic E-state index is 12.9. The lowest BCUT2D eigenvalue weighted by molar-refractivity contribution is -0.140. The van der Waals surface area contributed by atoms with Crippen LogP contribution >= 0.6 is 23.4 Å². The van der Waals surface area contributed by atoms with Crippen molar-refractivity contribution in [3.05, 3.63) is 76.3 Å². The summed E-state index contributed by atoms with van der Waals surface area (Å²) < 4.78 is 6.40. The molecular formula is C19H16ClN3O3S. The second-order valence-corrected chi connectivity index (χ2v) is 7.08. The van der Waals surface area contributed by atoms with Crippen LogP contribution in [0.2, 0.25) is 5.02 Å². The van der Waals surface area contributed by atoms with Crippen molar-refractivity contribution in [2.45, 2.75) is 17.0 Å². The molecule has 0 bridgehead atoms. The fourth-order valence-corrected chi connectivity index (χ4v) is 3.83. The van der Waals surface area contributed by atoms with Gasteiger partial charge in [-0.25, -0.2) is 4.98 Å². The van der Waals surface area contributed by atoms with Crippen LogP contribution in [0.3, 0.4) is 0 Å². The largest absolute Gasteiger partial charge is 0.468 e. The van der Waals surface area contributed by atoms with E-state index in [1.807, 2.05) is 0 Å². The van der Waals surface area contributed by atoms with E-state index >= 15 is 0 Å². The molecule has 0 saturated heterocycles. The average Bonchev–Trinajstić information content (AvgIpc) is 2.68. The molecule has 0 radical (unpaired) electrons. The Morgan fingerprint density at radius 1 is 1.44 bits per heavy atom. The van der Waals surface area contributed by atoms with Gasteiger partial charge >= 0.3 is 5.97 Å². The minimum absolute atomic E-state index is 0.228. The summed E-state index contributed by atoms with van der Waals surface area (Å²) in [5.74, 6) is -0.460. The van der Waals surface area contributed by atoms with E-state index in [0.717, 1.165) is 11.8 Å². The molecule has 138 valence electrons. The standard InChI is InChI=1S/C19H16ClN3O3S/c1-3-9-23-17(24)14-7-6-13(20)10-15(14)22-19(23)27-16(18(25)26-2)12-5-4-8-21-11-12/h3-8,10-11,16H,1,9H2,2H3/t16-/m1/s1. The van der Waals surface area contributed by atoms with E-state index < -0.39 is 11.2 Å². The molecular weight excluding hydrogens is 386 g/mol. The number of rotatable bonds is 6. The number of ether oxygens (including phenoxy) is 1. The summed E-state index contributed by atoms with van der Waals surface area (Å²) in [4.78, 5) is 33.9. The van der Waals surface area contributed by atoms with E-state index in [1.165, 1.54) is 11.7 Å². The first kappa shape index (κ1) is 19.1. The van der Waals surface area contributed by atoms with Crippen LogP contribution in [-0.2, 0) is 16.1 Å². The minimum atomic E-state index is -0.719. The molecule has 0 aliphatic rings. The van der Waals surface area contributed by atoms with E-state index in [0.29, 0.717) is 26.6 Å². The van der Waals surface area contributed by atoms with Crippen LogP contribution < -0.4 is 5.56 Å². The number of hydrogen-bond donors (Lipinski definition) is 0. The van der Waals surface area contributed by atoms with Gasteiger partial charge in [0.25, 0.3) is 5.56 Å². The van der Waals surface area contributed by atoms with Crippen molar-refractivity contribution in [2.24, 2.45) is 0 Å². The minimum Gasteiger partial charge on any atom is -0.468 e. The normalized spacial score (nSPS) is 11.9. The maximum Gasteiger partial charge on any atom is 0.323 e. The highest BCUT2D eigenvalue weighted by molar-refractivity contribution is 8.00. The van der Waals surface area contributed by atoms with E-state index in [-0.39, 0.29) is 12.1 Å². The maximum absolute atomic E-state index is 12.9. The molecule has 0 N–H and O–H groups in total. The molecule has 0 aliphatic carbocycles. The molecule has 0 spiro atoms. The van der Waals surface area contributed by atoms with Gasteiger partial charge in [0.05, 0.1) is 18.0 Å². The molecule has 0 unspecified atom stereocenters. The van der Waals surface area contributed by atoms with Gasteiger partial charge in [-0.3, -0.25) is 19.1 Å². The summed E-state index contributed by atoms with van der Waals surface area (Å²) in [5.41, 5.74) is 0.888. The lowest BCUT2D eigenvalue weighted by Gasteiger charge is -2.17. The van der Waals surface area contributed by atoms with E-state index in [2.05, 4.69) is 16.5 Å². The third-order valence-electron chi connectivity index (χ3n) is 3.82. The molecule has 1 aromatic carbocycles. The van der Waals surface area contributed by atoms with Gasteiger partial charge in [0.1, 0.15) is 5.25 Å². The molecule has 2 heterocycles. The lowest BCUT2D eigenvalue weighted by atomic mass is 10.2. The number of fused-ring (bicyclic) bond motifs is 1. The van der Waals surface area contributed by atoms with Crippen molar-refractivity contribution in [3.63, 3.8) is 0 Å². The summed E-state index contributed by atoms with van der Waals surface area (Å²) in [6, 6.07) is 8.41. The molecule has 0 fully saturated rings. The van der Waals surface area contributed by atoms with Gasteiger partial charge in [0.15, 0.2) is 5.16 Å². The van der Waals surface area contributed by atoms with E-state index in [9.17, 15) is 9.59 Å². The second-order valence-electron chi connectivity index (χ2n) is 5.57. The number of halogens is 1. The molecule has 2 aromatic heterocycles. The topological polar surface area (TPSA) is 74.1 Å². The van der Waals surface area contributed by atoms with Crippen LogP contribution in [0.4, 0.5) is 0 Å². The zero-order valence-corrected chi connectivity index (χ0v) is 16.0. The number of benzene rings is 1. The Labute approximate surface area is 164 Å². The summed E-state index contributed by atoms with van der Waals surface area (Å²) in [6.07, 6.45) is 4.81. The number of thioether (sulfide) groups is 1. The summed E-state index contributed by atoms with van der Waals surface area (Å²) in [5, 5.41) is 0.572. The number of aromatic nitrogens is 3. The highest BCUT2D eigenvalue weighted by Gasteiger charge is 2.26. The Morgan fingerprint density at radius 2 is 2.26 bits per heavy atom. The van der Waals surface area contributed by atoms with E-state index in [4.69, 9.17) is 16.3 Å². The third-order valence-corrected chi connectivity index (χ3v) is 5.28. The molecule has 6 nitrogen and oxygen atoms in total. The van der Waals surface area contributed by atoms with Gasteiger partial charge in [-0.1, -0.05) is 35.5 Å². The first-order valence-electron chi connectivity index (χ1n) is 8.00. The van der Waals surface area contributed by atoms with Crippen LogP contribution in [0.5, 0.6) is 0 Å². The van der Waals surface area contributed by atoms with Crippen LogP contribution in [0.1, 0.15) is 10.8 Å². The number of nitrogens with zero attached hydrogens (tertiary/aromatic N) is 3. The highest BCUT2D eigenvalue weighted by Crippen LogP contribution is 2.35. The predicted octanol–water partition coefficient (Wildman–Crippen LogP) is 3.64. The number of pyridine rings is 1. The van der Waals surface area contributed by atoms with Crippen molar-refractivity contribution in [1.82, 2.24) is 14.5 Å². The van der Waals surface area contributed by atoms with Gasteiger partial charge in [-0.2, -0.15) is 0 Å². The molecule has 3 rings (SSSR count). The van der Waals surface area contributed by atoms with Gasteiger partial charge < -0.3 is 4.74 Å². The van der Waals surface area contributed by atoms with Crippen LogP contribution in [-0.4, -0.2) is 27.6 Å². The lowest BCUT2D eigenvalue weighted by Crippen LogP contribution is -2.24. The van der Waals surface area contributed by atoms with Gasteiger partial charge in [-0.15, -0.1) is 6.58 Å². The Bertz CT molecular complexity index is 1050. The Hall–Kier alpha value is -2.64. The van der Waals surface area contributed by atoms with Crippen LogP contribution in [0.25, 0.3) is 10.9 Å². The SMILES string of the molecule is C=CCn1c(S[C@@H](C(=O)OC)c2cccnc2)nc2cc(Cl)ccc2c1=O. The quantitative estimate of drug-likeness (QED) is 0.272. The Balaban J connectivity index is 2.15. The predicted molar refractivity (Wildman–Crippen MR) is 106 cm³/mol. The second kappa shape index (κ2) is 8.37. The Kier molecular flexibility index (Phi) is 5.93. The number of methoxy groups -OCH3 is 1. The smallest absolute Gasteiger partial charge is 0.323 e. The fraction of sp³-hybridized carbons (Fsp3) is 0.158. The van der Waals surface area contributed by atoms with Crippen molar-refractivity contribution in [2.75, 3.05) is 7.11 Å². The molecule has 8 heteroatoms. The zero-order valence-electron chi connectivity index (χ0n) is 14.5. The van der Waals surface area contributed by atoms with Crippen LogP contribution in [0, 0.1) is 0 Å². The molecule has 27 heavy (non-hydrogen) atoms. The molecule has 3 aromatic rings. The van der Waals surface area contributed by atoms with Gasteiger partial charge in [-0.05, 0) is 29.8 Å². The first-order valence-corrected chi connectivity index (χ1v) is 9.26. The molecule has 0 aliphatic heterocycles. The number of esters is 1. The number of hydrogen-bond acceptors (Lipinski definition) is 6. The zero-order chi connectivity index (χ0) is 19.4. The van der Waals surface area contributed by atoms with Crippen molar-refractivity contribution >= 4 is 40.2 Å². The van der Waals surface area contributed by atoms with Gasteiger partial charge in [0.2, 0.25) is 0 Å². The van der Waals surface area contributed by atoms with Crippen molar-refractivity contribution in [1.29, 1.82) is 0 Å². The number of allylic oxidation sites excluding steroid dienone is 1. The third kappa shape index (κ3) is 4.04. The molecule has 1 atom stereocenters. The first-order chi connectivity index (χ1) is 13.0. The summed E-state index contributed by atoms with van der Waals surface area (Å²) >= 11 is 7.17. The average molecular weight is 402 g/mol. The molecule has 0 amide bonds. The number of carbonyl (C=O) groups is 1. The number of carbonyl (C=O) groups excluding carboxylic acids is 1. The highest BCUT2D eigenvalue weighted by atomic mass is 35.5. The summed E-state index contributed by atoms with van der Waals surface area (Å²) in [6.45, 7) is 3.96. The van der Waals surface area contributed by atoms with Crippen LogP contribution in [0.15, 0.2) is 65.3 Å². The monoisotopic (exact) mass is 401 g/mol. The van der Waals surface area contributed by atoms with Crippen molar-refractivity contribution in [3.8, 4) is 0 Å². The van der Waals surface area contributed by atoms with E-state index in [1.54, 1.807) is 48.8 Å². The van der Waals surface area contributed by atoms with Crippen molar-refractivity contribution < 1.29 is 9.53 Å².